The Kier molecular flexibility index (Phi) is 9.22. The number of nitrogens with two attached hydrogens (primary N) is 1. The van der Waals surface area contributed by atoms with Crippen molar-refractivity contribution in [2.24, 2.45) is 5.73 Å². The molecular weight excluding hydrogens is 234 g/mol. The highest BCUT2D eigenvalue weighted by atomic mass is 16.5. The minimum Gasteiger partial charge on any atom is -0.383 e. The van der Waals surface area contributed by atoms with Gasteiger partial charge < -0.3 is 21.1 Å². The molecule has 6 heteroatoms. The smallest absolute Gasteiger partial charge is 0.242 e. The monoisotopic (exact) mass is 259 g/mol. The third-order valence-electron chi connectivity index (χ3n) is 2.56. The zero-order valence-corrected chi connectivity index (χ0v) is 11.5. The van der Waals surface area contributed by atoms with Gasteiger partial charge in [-0.1, -0.05) is 19.8 Å². The first-order valence-corrected chi connectivity index (χ1v) is 6.35. The average molecular weight is 259 g/mol. The summed E-state index contributed by atoms with van der Waals surface area (Å²) in [6, 6.07) is -1.12. The Hall–Kier alpha value is -1.14. The van der Waals surface area contributed by atoms with Gasteiger partial charge in [-0.25, -0.2) is 0 Å². The summed E-state index contributed by atoms with van der Waals surface area (Å²) in [5.41, 5.74) is 5.71. The number of methoxy groups -OCH3 is 1. The van der Waals surface area contributed by atoms with Crippen LogP contribution in [-0.2, 0) is 14.3 Å². The molecule has 0 fully saturated rings. The first kappa shape index (κ1) is 16.9. The molecule has 0 radical (unpaired) electrons. The SMILES string of the molecule is CCCC[C@H](N)C(=O)NC(C)C(=O)NCCOC. The van der Waals surface area contributed by atoms with E-state index in [1.807, 2.05) is 6.92 Å². The van der Waals surface area contributed by atoms with Gasteiger partial charge in [0.15, 0.2) is 0 Å². The third-order valence-corrected chi connectivity index (χ3v) is 2.56. The molecular formula is C12H25N3O3. The third kappa shape index (κ3) is 7.24. The van der Waals surface area contributed by atoms with Crippen LogP contribution < -0.4 is 16.4 Å². The zero-order chi connectivity index (χ0) is 14.0. The normalized spacial score (nSPS) is 13.8. The van der Waals surface area contributed by atoms with Crippen molar-refractivity contribution < 1.29 is 14.3 Å². The molecule has 0 aromatic carbocycles. The molecule has 0 bridgehead atoms. The summed E-state index contributed by atoms with van der Waals surface area (Å²) in [6.07, 6.45) is 2.54. The molecule has 0 aromatic rings. The zero-order valence-electron chi connectivity index (χ0n) is 11.5. The molecule has 0 saturated heterocycles. The molecule has 0 rings (SSSR count). The summed E-state index contributed by atoms with van der Waals surface area (Å²) in [7, 11) is 1.56. The number of rotatable bonds is 9. The number of nitrogens with one attached hydrogen (secondary N) is 2. The molecule has 106 valence electrons. The van der Waals surface area contributed by atoms with Crippen LogP contribution >= 0.6 is 0 Å². The highest BCUT2D eigenvalue weighted by Gasteiger charge is 2.19. The van der Waals surface area contributed by atoms with Crippen molar-refractivity contribution in [2.75, 3.05) is 20.3 Å². The molecule has 2 atom stereocenters. The second-order valence-corrected chi connectivity index (χ2v) is 4.26. The number of hydrogen-bond acceptors (Lipinski definition) is 4. The van der Waals surface area contributed by atoms with Crippen LogP contribution in [0.15, 0.2) is 0 Å². The van der Waals surface area contributed by atoms with E-state index in [4.69, 9.17) is 10.5 Å². The maximum Gasteiger partial charge on any atom is 0.242 e. The highest BCUT2D eigenvalue weighted by molar-refractivity contribution is 5.89. The summed E-state index contributed by atoms with van der Waals surface area (Å²) in [5, 5.41) is 5.25. The molecule has 0 aliphatic carbocycles. The predicted octanol–water partition coefficient (Wildman–Crippen LogP) is -0.229. The van der Waals surface area contributed by atoms with Crippen LogP contribution in [0.3, 0.4) is 0 Å². The predicted molar refractivity (Wildman–Crippen MR) is 70.0 cm³/mol. The Balaban J connectivity index is 3.94. The van der Waals surface area contributed by atoms with Crippen molar-refractivity contribution in [3.63, 3.8) is 0 Å². The summed E-state index contributed by atoms with van der Waals surface area (Å²) in [4.78, 5) is 23.2. The van der Waals surface area contributed by atoms with Crippen molar-refractivity contribution in [1.29, 1.82) is 0 Å². The summed E-state index contributed by atoms with van der Waals surface area (Å²) in [6.45, 7) is 4.54. The molecule has 2 amide bonds. The van der Waals surface area contributed by atoms with E-state index < -0.39 is 12.1 Å². The Labute approximate surface area is 109 Å². The maximum atomic E-state index is 11.7. The van der Waals surface area contributed by atoms with Crippen LogP contribution in [0.2, 0.25) is 0 Å². The molecule has 0 aliphatic heterocycles. The van der Waals surface area contributed by atoms with Gasteiger partial charge in [0, 0.05) is 13.7 Å². The highest BCUT2D eigenvalue weighted by Crippen LogP contribution is 1.98. The van der Waals surface area contributed by atoms with E-state index in [2.05, 4.69) is 10.6 Å². The van der Waals surface area contributed by atoms with Gasteiger partial charge in [-0.3, -0.25) is 9.59 Å². The summed E-state index contributed by atoms with van der Waals surface area (Å²) >= 11 is 0. The molecule has 4 N–H and O–H groups in total. The molecule has 0 heterocycles. The second kappa shape index (κ2) is 9.85. The number of unbranched alkanes of at least 4 members (excludes halogenated alkanes) is 1. The van der Waals surface area contributed by atoms with Crippen LogP contribution in [0.4, 0.5) is 0 Å². The van der Waals surface area contributed by atoms with E-state index in [1.165, 1.54) is 0 Å². The van der Waals surface area contributed by atoms with Crippen LogP contribution in [-0.4, -0.2) is 44.2 Å². The number of carbonyl (C=O) groups is 2. The molecule has 0 saturated carbocycles. The Morgan fingerprint density at radius 1 is 1.33 bits per heavy atom. The number of hydrogen-bond donors (Lipinski definition) is 3. The lowest BCUT2D eigenvalue weighted by atomic mass is 10.1. The van der Waals surface area contributed by atoms with Gasteiger partial charge >= 0.3 is 0 Å². The van der Waals surface area contributed by atoms with Crippen molar-refractivity contribution >= 4 is 11.8 Å². The van der Waals surface area contributed by atoms with E-state index in [0.717, 1.165) is 12.8 Å². The van der Waals surface area contributed by atoms with Crippen LogP contribution in [0.5, 0.6) is 0 Å². The van der Waals surface area contributed by atoms with Crippen LogP contribution in [0.25, 0.3) is 0 Å². The lowest BCUT2D eigenvalue weighted by Crippen LogP contribution is -2.50. The standard InChI is InChI=1S/C12H25N3O3/c1-4-5-6-10(13)12(17)15-9(2)11(16)14-7-8-18-3/h9-10H,4-8,13H2,1-3H3,(H,14,16)(H,15,17)/t9?,10-/m0/s1. The van der Waals surface area contributed by atoms with E-state index in [1.54, 1.807) is 14.0 Å². The van der Waals surface area contributed by atoms with Crippen LogP contribution in [0, 0.1) is 0 Å². The molecule has 0 aromatic heterocycles. The van der Waals surface area contributed by atoms with Gasteiger partial charge in [-0.05, 0) is 13.3 Å². The summed E-state index contributed by atoms with van der Waals surface area (Å²) in [5.74, 6) is -0.513. The van der Waals surface area contributed by atoms with Crippen molar-refractivity contribution in [3.05, 3.63) is 0 Å². The van der Waals surface area contributed by atoms with Gasteiger partial charge in [0.05, 0.1) is 12.6 Å². The van der Waals surface area contributed by atoms with Gasteiger partial charge in [0.1, 0.15) is 6.04 Å². The number of amides is 2. The van der Waals surface area contributed by atoms with E-state index in [0.29, 0.717) is 19.6 Å². The van der Waals surface area contributed by atoms with E-state index in [9.17, 15) is 9.59 Å². The topological polar surface area (TPSA) is 93.5 Å². The fourth-order valence-corrected chi connectivity index (χ4v) is 1.37. The van der Waals surface area contributed by atoms with Gasteiger partial charge in [0.2, 0.25) is 11.8 Å². The van der Waals surface area contributed by atoms with Crippen molar-refractivity contribution in [1.82, 2.24) is 10.6 Å². The van der Waals surface area contributed by atoms with Gasteiger partial charge in [0.25, 0.3) is 0 Å². The lowest BCUT2D eigenvalue weighted by molar-refractivity contribution is -0.129. The first-order valence-electron chi connectivity index (χ1n) is 6.35. The largest absolute Gasteiger partial charge is 0.383 e. The Bertz CT molecular complexity index is 259. The molecule has 1 unspecified atom stereocenters. The number of ether oxygens (including phenoxy) is 1. The van der Waals surface area contributed by atoms with Crippen molar-refractivity contribution in [3.8, 4) is 0 Å². The number of carbonyl (C=O) groups excluding carboxylic acids is 2. The van der Waals surface area contributed by atoms with E-state index >= 15 is 0 Å². The molecule has 6 nitrogen and oxygen atoms in total. The minimum absolute atomic E-state index is 0.233. The minimum atomic E-state index is -0.581. The fourth-order valence-electron chi connectivity index (χ4n) is 1.37. The van der Waals surface area contributed by atoms with Crippen molar-refractivity contribution in [2.45, 2.75) is 45.2 Å². The average Bonchev–Trinajstić information content (AvgIpc) is 2.35. The molecule has 0 aliphatic rings. The van der Waals surface area contributed by atoms with Crippen LogP contribution in [0.1, 0.15) is 33.1 Å². The maximum absolute atomic E-state index is 11.7. The van der Waals surface area contributed by atoms with Gasteiger partial charge in [-0.15, -0.1) is 0 Å². The quantitative estimate of drug-likeness (QED) is 0.499. The Morgan fingerprint density at radius 2 is 2.00 bits per heavy atom. The first-order chi connectivity index (χ1) is 8.52. The fraction of sp³-hybridized carbons (Fsp3) is 0.833. The molecule has 18 heavy (non-hydrogen) atoms. The Morgan fingerprint density at radius 3 is 2.56 bits per heavy atom. The molecule has 0 spiro atoms. The van der Waals surface area contributed by atoms with Gasteiger partial charge in [-0.2, -0.15) is 0 Å². The lowest BCUT2D eigenvalue weighted by Gasteiger charge is -2.17. The second-order valence-electron chi connectivity index (χ2n) is 4.26. The summed E-state index contributed by atoms with van der Waals surface area (Å²) < 4.78 is 4.81. The van der Waals surface area contributed by atoms with E-state index in [-0.39, 0.29) is 11.8 Å².